The summed E-state index contributed by atoms with van der Waals surface area (Å²) in [6, 6.07) is 0. The highest BCUT2D eigenvalue weighted by atomic mass is 79.9. The lowest BCUT2D eigenvalue weighted by Crippen LogP contribution is -2.09. The van der Waals surface area contributed by atoms with Gasteiger partial charge in [0.05, 0.1) is 6.10 Å². The fourth-order valence-corrected chi connectivity index (χ4v) is 2.10. The van der Waals surface area contributed by atoms with E-state index < -0.39 is 0 Å². The molecule has 114 valence electrons. The van der Waals surface area contributed by atoms with E-state index in [1.165, 1.54) is 0 Å². The number of anilines is 2. The standard InChI is InChI=1S/C14H25BrN4O/c1-4-7-16-13-12(15)14(19-10-18-13)17-8-5-6-9-20-11(2)3/h10-11H,4-9H2,1-3H3,(H2,16,17,18,19). The minimum Gasteiger partial charge on any atom is -0.379 e. The molecule has 5 nitrogen and oxygen atoms in total. The van der Waals surface area contributed by atoms with Crippen LogP contribution < -0.4 is 10.6 Å². The number of hydrogen-bond donors (Lipinski definition) is 2. The smallest absolute Gasteiger partial charge is 0.145 e. The maximum atomic E-state index is 5.51. The van der Waals surface area contributed by atoms with Crippen LogP contribution >= 0.6 is 15.9 Å². The molecule has 0 saturated carbocycles. The quantitative estimate of drug-likeness (QED) is 0.634. The van der Waals surface area contributed by atoms with Crippen molar-refractivity contribution in [3.05, 3.63) is 10.8 Å². The molecule has 1 aromatic rings. The Morgan fingerprint density at radius 1 is 1.15 bits per heavy atom. The Hall–Kier alpha value is -0.880. The molecule has 0 fully saturated rings. The highest BCUT2D eigenvalue weighted by Gasteiger charge is 2.07. The van der Waals surface area contributed by atoms with Gasteiger partial charge in [0, 0.05) is 19.7 Å². The average molecular weight is 345 g/mol. The van der Waals surface area contributed by atoms with E-state index in [2.05, 4.69) is 57.3 Å². The summed E-state index contributed by atoms with van der Waals surface area (Å²) >= 11 is 3.54. The summed E-state index contributed by atoms with van der Waals surface area (Å²) in [5.74, 6) is 1.68. The van der Waals surface area contributed by atoms with Crippen molar-refractivity contribution in [2.24, 2.45) is 0 Å². The molecule has 20 heavy (non-hydrogen) atoms. The first-order valence-corrected chi connectivity index (χ1v) is 8.04. The van der Waals surface area contributed by atoms with Gasteiger partial charge in [0.15, 0.2) is 0 Å². The zero-order valence-electron chi connectivity index (χ0n) is 12.6. The summed E-state index contributed by atoms with van der Waals surface area (Å²) in [5.41, 5.74) is 0. The van der Waals surface area contributed by atoms with Crippen LogP contribution in [-0.2, 0) is 4.74 Å². The second-order valence-electron chi connectivity index (χ2n) is 4.87. The highest BCUT2D eigenvalue weighted by molar-refractivity contribution is 9.10. The van der Waals surface area contributed by atoms with Crippen molar-refractivity contribution in [1.29, 1.82) is 0 Å². The van der Waals surface area contributed by atoms with Gasteiger partial charge in [-0.3, -0.25) is 0 Å². The van der Waals surface area contributed by atoms with Crippen LogP contribution in [0.25, 0.3) is 0 Å². The first-order valence-electron chi connectivity index (χ1n) is 7.25. The van der Waals surface area contributed by atoms with E-state index in [0.29, 0.717) is 6.10 Å². The maximum absolute atomic E-state index is 5.51. The Bertz CT molecular complexity index is 387. The van der Waals surface area contributed by atoms with Gasteiger partial charge in [0.2, 0.25) is 0 Å². The number of halogens is 1. The molecule has 1 heterocycles. The average Bonchev–Trinajstić information content (AvgIpc) is 2.42. The van der Waals surface area contributed by atoms with Gasteiger partial charge >= 0.3 is 0 Å². The Morgan fingerprint density at radius 2 is 1.80 bits per heavy atom. The van der Waals surface area contributed by atoms with Crippen LogP contribution in [-0.4, -0.2) is 35.8 Å². The molecule has 6 heteroatoms. The van der Waals surface area contributed by atoms with Gasteiger partial charge in [0.25, 0.3) is 0 Å². The Morgan fingerprint density at radius 3 is 2.40 bits per heavy atom. The van der Waals surface area contributed by atoms with E-state index in [1.54, 1.807) is 6.33 Å². The second-order valence-corrected chi connectivity index (χ2v) is 5.66. The van der Waals surface area contributed by atoms with Crippen LogP contribution in [0.5, 0.6) is 0 Å². The lowest BCUT2D eigenvalue weighted by atomic mass is 10.3. The van der Waals surface area contributed by atoms with Gasteiger partial charge in [-0.1, -0.05) is 6.92 Å². The predicted molar refractivity (Wildman–Crippen MR) is 87.3 cm³/mol. The third-order valence-electron chi connectivity index (χ3n) is 2.65. The number of ether oxygens (including phenoxy) is 1. The van der Waals surface area contributed by atoms with Crippen molar-refractivity contribution in [3.63, 3.8) is 0 Å². The Kier molecular flexibility index (Phi) is 8.53. The molecule has 0 amide bonds. The maximum Gasteiger partial charge on any atom is 0.145 e. The predicted octanol–water partition coefficient (Wildman–Crippen LogP) is 3.68. The fraction of sp³-hybridized carbons (Fsp3) is 0.714. The molecule has 0 radical (unpaired) electrons. The summed E-state index contributed by atoms with van der Waals surface area (Å²) in [5, 5.41) is 6.59. The number of rotatable bonds is 10. The third kappa shape index (κ3) is 6.52. The van der Waals surface area contributed by atoms with E-state index in [9.17, 15) is 0 Å². The summed E-state index contributed by atoms with van der Waals surface area (Å²) in [4.78, 5) is 8.48. The number of aromatic nitrogens is 2. The number of nitrogens with one attached hydrogen (secondary N) is 2. The van der Waals surface area contributed by atoms with Crippen LogP contribution in [0.4, 0.5) is 11.6 Å². The molecule has 0 aliphatic heterocycles. The Balaban J connectivity index is 2.32. The SMILES string of the molecule is CCCNc1ncnc(NCCCCOC(C)C)c1Br. The van der Waals surface area contributed by atoms with Gasteiger partial charge in [-0.2, -0.15) is 0 Å². The first kappa shape index (κ1) is 17.2. The molecule has 2 N–H and O–H groups in total. The molecule has 1 aromatic heterocycles. The van der Waals surface area contributed by atoms with Crippen molar-refractivity contribution < 1.29 is 4.74 Å². The molecular formula is C14H25BrN4O. The van der Waals surface area contributed by atoms with Gasteiger partial charge in [-0.25, -0.2) is 9.97 Å². The van der Waals surface area contributed by atoms with Gasteiger partial charge in [0.1, 0.15) is 22.4 Å². The van der Waals surface area contributed by atoms with E-state index in [1.807, 2.05) is 0 Å². The van der Waals surface area contributed by atoms with Gasteiger partial charge in [-0.15, -0.1) is 0 Å². The zero-order valence-corrected chi connectivity index (χ0v) is 14.2. The molecule has 0 aromatic carbocycles. The Labute approximate surface area is 130 Å². The van der Waals surface area contributed by atoms with E-state index in [4.69, 9.17) is 4.74 Å². The van der Waals surface area contributed by atoms with Crippen molar-refractivity contribution in [3.8, 4) is 0 Å². The normalized spacial score (nSPS) is 10.8. The largest absolute Gasteiger partial charge is 0.379 e. The minimum atomic E-state index is 0.311. The van der Waals surface area contributed by atoms with Crippen molar-refractivity contribution in [2.75, 3.05) is 30.3 Å². The first-order chi connectivity index (χ1) is 9.65. The zero-order chi connectivity index (χ0) is 14.8. The summed E-state index contributed by atoms with van der Waals surface area (Å²) in [6.45, 7) is 8.84. The monoisotopic (exact) mass is 344 g/mol. The lowest BCUT2D eigenvalue weighted by Gasteiger charge is -2.11. The molecule has 0 atom stereocenters. The third-order valence-corrected chi connectivity index (χ3v) is 3.40. The molecule has 0 aliphatic carbocycles. The lowest BCUT2D eigenvalue weighted by molar-refractivity contribution is 0.0765. The topological polar surface area (TPSA) is 59.1 Å². The van der Waals surface area contributed by atoms with E-state index in [0.717, 1.165) is 55.1 Å². The minimum absolute atomic E-state index is 0.311. The molecule has 0 bridgehead atoms. The summed E-state index contributed by atoms with van der Waals surface area (Å²) < 4.78 is 6.40. The van der Waals surface area contributed by atoms with E-state index in [-0.39, 0.29) is 0 Å². The van der Waals surface area contributed by atoms with E-state index >= 15 is 0 Å². The molecule has 0 saturated heterocycles. The van der Waals surface area contributed by atoms with Crippen molar-refractivity contribution in [1.82, 2.24) is 9.97 Å². The molecular weight excluding hydrogens is 320 g/mol. The van der Waals surface area contributed by atoms with Gasteiger partial charge in [-0.05, 0) is 49.0 Å². The van der Waals surface area contributed by atoms with Crippen LogP contribution in [0.15, 0.2) is 10.8 Å². The molecule has 0 unspecified atom stereocenters. The summed E-state index contributed by atoms with van der Waals surface area (Å²) in [7, 11) is 0. The van der Waals surface area contributed by atoms with Crippen LogP contribution in [0.1, 0.15) is 40.0 Å². The molecule has 0 aliphatic rings. The van der Waals surface area contributed by atoms with Crippen LogP contribution in [0.2, 0.25) is 0 Å². The fourth-order valence-electron chi connectivity index (χ4n) is 1.61. The van der Waals surface area contributed by atoms with Crippen molar-refractivity contribution in [2.45, 2.75) is 46.1 Å². The second kappa shape index (κ2) is 9.94. The van der Waals surface area contributed by atoms with Crippen molar-refractivity contribution >= 4 is 27.6 Å². The molecule has 0 spiro atoms. The number of nitrogens with zero attached hydrogens (tertiary/aromatic N) is 2. The van der Waals surface area contributed by atoms with Gasteiger partial charge < -0.3 is 15.4 Å². The summed E-state index contributed by atoms with van der Waals surface area (Å²) in [6.07, 6.45) is 5.06. The van der Waals surface area contributed by atoms with Crippen LogP contribution in [0, 0.1) is 0 Å². The van der Waals surface area contributed by atoms with Crippen LogP contribution in [0.3, 0.4) is 0 Å². The molecule has 1 rings (SSSR count). The highest BCUT2D eigenvalue weighted by Crippen LogP contribution is 2.26. The number of hydrogen-bond acceptors (Lipinski definition) is 5. The number of unbranched alkanes of at least 4 members (excludes halogenated alkanes) is 1.